The maximum Gasteiger partial charge on any atom is 0.409 e. The van der Waals surface area contributed by atoms with Crippen LogP contribution in [0.1, 0.15) is 74.1 Å². The summed E-state index contributed by atoms with van der Waals surface area (Å²) in [4.78, 5) is 47.8. The van der Waals surface area contributed by atoms with Crippen molar-refractivity contribution in [1.29, 1.82) is 0 Å². The number of aliphatic hydroxyl groups excluding tert-OH is 1. The standard InChI is InChI=1S/C30H49NO8/c1-9-24(5)31(8)29(36)38-20-21(2)11-10-12-22(3)27(19-33)23(4)13-14-28(39-25(6)34)30(7,37)17-15-26(35)16-18-32/h10-14,18-19,21,23-24,26-28,35,37H,9,15-17,20H2,1-8H3/b11-10+,14-13+,22-12+/t21-,23-,24?,26-,27+,28-,30-/m0/s1. The average Bonchev–Trinajstić information content (AvgIpc) is 2.87. The molecule has 0 saturated heterocycles. The highest BCUT2D eigenvalue weighted by Crippen LogP contribution is 2.25. The quantitative estimate of drug-likeness (QED) is 0.111. The number of amides is 1. The van der Waals surface area contributed by atoms with Gasteiger partial charge in [0.1, 0.15) is 24.3 Å². The Morgan fingerprint density at radius 2 is 1.72 bits per heavy atom. The number of carbonyl (C=O) groups excluding carboxylic acids is 4. The second kappa shape index (κ2) is 18.5. The normalized spacial score (nSPS) is 18.5. The number of esters is 1. The zero-order chi connectivity index (χ0) is 30.2. The van der Waals surface area contributed by atoms with Crippen LogP contribution in [0.5, 0.6) is 0 Å². The highest BCUT2D eigenvalue weighted by atomic mass is 16.6. The molecule has 7 atom stereocenters. The van der Waals surface area contributed by atoms with Crippen molar-refractivity contribution in [2.24, 2.45) is 17.8 Å². The molecular formula is C30H49NO8. The Hall–Kier alpha value is -2.78. The molecule has 0 rings (SSSR count). The maximum atomic E-state index is 12.1. The summed E-state index contributed by atoms with van der Waals surface area (Å²) in [5.41, 5.74) is -0.675. The van der Waals surface area contributed by atoms with E-state index in [1.54, 1.807) is 24.1 Å². The molecule has 1 unspecified atom stereocenters. The van der Waals surface area contributed by atoms with Crippen molar-refractivity contribution in [3.05, 3.63) is 36.0 Å². The van der Waals surface area contributed by atoms with Gasteiger partial charge in [-0.15, -0.1) is 0 Å². The first kappa shape index (κ1) is 36.2. The fraction of sp³-hybridized carbons (Fsp3) is 0.667. The van der Waals surface area contributed by atoms with Crippen molar-refractivity contribution in [1.82, 2.24) is 4.90 Å². The molecule has 39 heavy (non-hydrogen) atoms. The van der Waals surface area contributed by atoms with E-state index < -0.39 is 29.7 Å². The van der Waals surface area contributed by atoms with E-state index in [0.29, 0.717) is 6.29 Å². The number of allylic oxidation sites excluding steroid dienone is 4. The first-order valence-corrected chi connectivity index (χ1v) is 13.6. The van der Waals surface area contributed by atoms with Gasteiger partial charge in [0.25, 0.3) is 0 Å². The summed E-state index contributed by atoms with van der Waals surface area (Å²) in [5.74, 6) is -1.32. The largest absolute Gasteiger partial charge is 0.455 e. The molecule has 0 aromatic heterocycles. The molecule has 0 aliphatic carbocycles. The zero-order valence-electron chi connectivity index (χ0n) is 24.8. The molecule has 0 heterocycles. The molecule has 222 valence electrons. The molecule has 2 N–H and O–H groups in total. The molecular weight excluding hydrogens is 502 g/mol. The van der Waals surface area contributed by atoms with E-state index in [0.717, 1.165) is 18.3 Å². The minimum atomic E-state index is -1.49. The van der Waals surface area contributed by atoms with E-state index in [4.69, 9.17) is 9.47 Å². The Morgan fingerprint density at radius 1 is 1.08 bits per heavy atom. The van der Waals surface area contributed by atoms with Crippen molar-refractivity contribution >= 4 is 24.6 Å². The third kappa shape index (κ3) is 14.3. The van der Waals surface area contributed by atoms with Crippen molar-refractivity contribution < 1.29 is 38.9 Å². The average molecular weight is 552 g/mol. The van der Waals surface area contributed by atoms with Gasteiger partial charge in [-0.2, -0.15) is 0 Å². The Bertz CT molecular complexity index is 863. The fourth-order valence-electron chi connectivity index (χ4n) is 3.75. The number of aliphatic hydroxyl groups is 2. The van der Waals surface area contributed by atoms with Crippen LogP contribution in [-0.4, -0.2) is 77.3 Å². The SMILES string of the molecule is CCC(C)N(C)C(=O)OC[C@@H](C)/C=C/C=C(\C)[C@@H](C=O)[C@@H](C)/C=C/[C@H](OC(C)=O)[C@@](C)(O)CC[C@H](O)CC=O. The number of rotatable bonds is 18. The van der Waals surface area contributed by atoms with E-state index in [1.807, 2.05) is 52.8 Å². The summed E-state index contributed by atoms with van der Waals surface area (Å²) in [7, 11) is 1.72. The summed E-state index contributed by atoms with van der Waals surface area (Å²) in [6, 6.07) is 0.0991. The lowest BCUT2D eigenvalue weighted by Gasteiger charge is -2.31. The molecule has 0 spiro atoms. The van der Waals surface area contributed by atoms with E-state index in [1.165, 1.54) is 13.8 Å². The van der Waals surface area contributed by atoms with Gasteiger partial charge in [0.05, 0.1) is 12.7 Å². The highest BCUT2D eigenvalue weighted by molar-refractivity contribution is 5.67. The van der Waals surface area contributed by atoms with Crippen LogP contribution in [0.3, 0.4) is 0 Å². The fourth-order valence-corrected chi connectivity index (χ4v) is 3.75. The molecule has 9 nitrogen and oxygen atoms in total. The molecule has 0 aliphatic rings. The van der Waals surface area contributed by atoms with Crippen molar-refractivity contribution in [2.45, 2.75) is 98.0 Å². The van der Waals surface area contributed by atoms with Gasteiger partial charge >= 0.3 is 12.1 Å². The van der Waals surface area contributed by atoms with Crippen LogP contribution >= 0.6 is 0 Å². The van der Waals surface area contributed by atoms with Crippen LogP contribution in [0.25, 0.3) is 0 Å². The highest BCUT2D eigenvalue weighted by Gasteiger charge is 2.33. The Balaban J connectivity index is 5.29. The summed E-state index contributed by atoms with van der Waals surface area (Å²) < 4.78 is 10.7. The lowest BCUT2D eigenvalue weighted by Crippen LogP contribution is -2.41. The summed E-state index contributed by atoms with van der Waals surface area (Å²) >= 11 is 0. The summed E-state index contributed by atoms with van der Waals surface area (Å²) in [6.45, 7) is 12.6. The van der Waals surface area contributed by atoms with Crippen LogP contribution in [0.4, 0.5) is 4.79 Å². The van der Waals surface area contributed by atoms with Gasteiger partial charge in [-0.05, 0) is 52.0 Å². The molecule has 0 saturated carbocycles. The first-order chi connectivity index (χ1) is 18.2. The summed E-state index contributed by atoms with van der Waals surface area (Å²) in [5, 5.41) is 20.8. The van der Waals surface area contributed by atoms with Crippen LogP contribution in [0, 0.1) is 17.8 Å². The molecule has 0 aromatic carbocycles. The minimum Gasteiger partial charge on any atom is -0.455 e. The first-order valence-electron chi connectivity index (χ1n) is 13.6. The zero-order valence-corrected chi connectivity index (χ0v) is 24.8. The molecule has 0 fully saturated rings. The van der Waals surface area contributed by atoms with Crippen LogP contribution in [0.15, 0.2) is 36.0 Å². The van der Waals surface area contributed by atoms with Gasteiger partial charge < -0.3 is 34.2 Å². The number of carbonyl (C=O) groups is 4. The third-order valence-corrected chi connectivity index (χ3v) is 6.89. The Morgan fingerprint density at radius 3 is 2.26 bits per heavy atom. The smallest absolute Gasteiger partial charge is 0.409 e. The van der Waals surface area contributed by atoms with Gasteiger partial charge in [-0.3, -0.25) is 4.79 Å². The van der Waals surface area contributed by atoms with E-state index in [9.17, 15) is 29.4 Å². The van der Waals surface area contributed by atoms with Crippen LogP contribution in [-0.2, 0) is 23.9 Å². The Kier molecular flexibility index (Phi) is 17.2. The third-order valence-electron chi connectivity index (χ3n) is 6.89. The number of aldehydes is 2. The number of hydrogen-bond acceptors (Lipinski definition) is 8. The molecule has 0 bridgehead atoms. The lowest BCUT2D eigenvalue weighted by molar-refractivity contribution is -0.156. The van der Waals surface area contributed by atoms with Gasteiger partial charge in [0, 0.05) is 38.3 Å². The van der Waals surface area contributed by atoms with Gasteiger partial charge in [0.15, 0.2) is 0 Å². The van der Waals surface area contributed by atoms with Gasteiger partial charge in [-0.25, -0.2) is 4.79 Å². The van der Waals surface area contributed by atoms with Crippen molar-refractivity contribution in [2.75, 3.05) is 13.7 Å². The van der Waals surface area contributed by atoms with E-state index in [2.05, 4.69) is 0 Å². The van der Waals surface area contributed by atoms with Crippen molar-refractivity contribution in [3.63, 3.8) is 0 Å². The van der Waals surface area contributed by atoms with E-state index >= 15 is 0 Å². The molecule has 1 amide bonds. The van der Waals surface area contributed by atoms with Crippen molar-refractivity contribution in [3.8, 4) is 0 Å². The minimum absolute atomic E-state index is 0.0212. The van der Waals surface area contributed by atoms with Gasteiger partial charge in [-0.1, -0.05) is 50.6 Å². The molecule has 9 heteroatoms. The topological polar surface area (TPSA) is 130 Å². The maximum absolute atomic E-state index is 12.1. The number of nitrogens with zero attached hydrogens (tertiary/aromatic N) is 1. The predicted molar refractivity (Wildman–Crippen MR) is 151 cm³/mol. The van der Waals surface area contributed by atoms with Crippen LogP contribution < -0.4 is 0 Å². The van der Waals surface area contributed by atoms with E-state index in [-0.39, 0.29) is 49.8 Å². The number of hydrogen-bond donors (Lipinski definition) is 2. The number of ether oxygens (including phenoxy) is 2. The monoisotopic (exact) mass is 551 g/mol. The second-order valence-electron chi connectivity index (χ2n) is 10.6. The summed E-state index contributed by atoms with van der Waals surface area (Å²) in [6.07, 6.45) is 9.10. The Labute approximate surface area is 233 Å². The second-order valence-corrected chi connectivity index (χ2v) is 10.6. The lowest BCUT2D eigenvalue weighted by atomic mass is 9.86. The molecule has 0 radical (unpaired) electrons. The van der Waals surface area contributed by atoms with Gasteiger partial charge in [0.2, 0.25) is 0 Å². The molecule has 0 aromatic rings. The predicted octanol–water partition coefficient (Wildman–Crippen LogP) is 4.41. The molecule has 0 aliphatic heterocycles. The van der Waals surface area contributed by atoms with Crippen LogP contribution in [0.2, 0.25) is 0 Å².